The normalized spacial score (nSPS) is 11.5. The lowest BCUT2D eigenvalue weighted by atomic mass is 9.99. The smallest absolute Gasteiger partial charge is 0.175 e. The second-order valence-corrected chi connectivity index (χ2v) is 9.00. The quantitative estimate of drug-likeness (QED) is 0.581. The van der Waals surface area contributed by atoms with Gasteiger partial charge in [0.15, 0.2) is 9.84 Å². The lowest BCUT2D eigenvalue weighted by molar-refractivity contribution is 0.602. The van der Waals surface area contributed by atoms with E-state index in [2.05, 4.69) is 30.3 Å². The first-order valence-corrected chi connectivity index (χ1v) is 10.7. The van der Waals surface area contributed by atoms with E-state index in [-0.39, 0.29) is 0 Å². The fraction of sp³-hybridized carbons (Fsp3) is 0.182. The van der Waals surface area contributed by atoms with Crippen LogP contribution in [0.4, 0.5) is 0 Å². The highest BCUT2D eigenvalue weighted by Crippen LogP contribution is 2.25. The van der Waals surface area contributed by atoms with Crippen molar-refractivity contribution in [2.75, 3.05) is 6.26 Å². The zero-order valence-corrected chi connectivity index (χ0v) is 16.4. The zero-order valence-electron chi connectivity index (χ0n) is 14.9. The van der Waals surface area contributed by atoms with Crippen LogP contribution in [0.5, 0.6) is 0 Å². The van der Waals surface area contributed by atoms with Gasteiger partial charge in [-0.05, 0) is 71.8 Å². The Hall–Kier alpha value is -2.10. The molecule has 0 saturated heterocycles. The Morgan fingerprint density at radius 1 is 0.769 bits per heavy atom. The molecular formula is C22H21ClO2S. The molecule has 0 unspecified atom stereocenters. The molecule has 3 aromatic carbocycles. The molecule has 0 aliphatic heterocycles. The molecule has 26 heavy (non-hydrogen) atoms. The number of rotatable bonds is 5. The van der Waals surface area contributed by atoms with Crippen LogP contribution in [0, 0.1) is 6.92 Å². The summed E-state index contributed by atoms with van der Waals surface area (Å²) >= 11 is 6.09. The number of hydrogen-bond donors (Lipinski definition) is 0. The molecule has 0 atom stereocenters. The van der Waals surface area contributed by atoms with E-state index in [0.29, 0.717) is 4.90 Å². The third kappa shape index (κ3) is 4.54. The molecule has 0 radical (unpaired) electrons. The number of sulfone groups is 1. The van der Waals surface area contributed by atoms with Crippen molar-refractivity contribution in [3.05, 3.63) is 88.4 Å². The number of aryl methyl sites for hydroxylation is 3. The van der Waals surface area contributed by atoms with Gasteiger partial charge in [-0.1, -0.05) is 54.1 Å². The highest BCUT2D eigenvalue weighted by atomic mass is 35.5. The molecular weight excluding hydrogens is 364 g/mol. The monoisotopic (exact) mass is 384 g/mol. The number of halogens is 1. The van der Waals surface area contributed by atoms with E-state index < -0.39 is 9.84 Å². The Bertz CT molecular complexity index is 1010. The van der Waals surface area contributed by atoms with Crippen LogP contribution in [0.3, 0.4) is 0 Å². The summed E-state index contributed by atoms with van der Waals surface area (Å²) in [5, 5.41) is 0.785. The van der Waals surface area contributed by atoms with Crippen LogP contribution in [0.25, 0.3) is 11.1 Å². The first kappa shape index (κ1) is 18.7. The highest BCUT2D eigenvalue weighted by molar-refractivity contribution is 7.90. The van der Waals surface area contributed by atoms with Gasteiger partial charge in [-0.3, -0.25) is 0 Å². The summed E-state index contributed by atoms with van der Waals surface area (Å²) in [5.41, 5.74) is 5.80. The molecule has 2 nitrogen and oxygen atoms in total. The van der Waals surface area contributed by atoms with Gasteiger partial charge in [0.1, 0.15) is 0 Å². The minimum atomic E-state index is -3.13. The van der Waals surface area contributed by atoms with Gasteiger partial charge in [-0.15, -0.1) is 0 Å². The average Bonchev–Trinajstić information content (AvgIpc) is 2.62. The van der Waals surface area contributed by atoms with E-state index >= 15 is 0 Å². The molecule has 0 amide bonds. The van der Waals surface area contributed by atoms with Gasteiger partial charge in [-0.2, -0.15) is 0 Å². The van der Waals surface area contributed by atoms with Gasteiger partial charge in [0.05, 0.1) is 4.90 Å². The van der Waals surface area contributed by atoms with Crippen molar-refractivity contribution in [2.45, 2.75) is 24.7 Å². The van der Waals surface area contributed by atoms with E-state index in [4.69, 9.17) is 11.6 Å². The van der Waals surface area contributed by atoms with Crippen LogP contribution in [0.2, 0.25) is 5.02 Å². The predicted octanol–water partition coefficient (Wildman–Crippen LogP) is 5.50. The molecule has 0 N–H and O–H groups in total. The Morgan fingerprint density at radius 3 is 1.77 bits per heavy atom. The van der Waals surface area contributed by atoms with Gasteiger partial charge in [-0.25, -0.2) is 8.42 Å². The summed E-state index contributed by atoms with van der Waals surface area (Å²) in [6.45, 7) is 2.01. The van der Waals surface area contributed by atoms with Crippen LogP contribution in [0.1, 0.15) is 16.7 Å². The predicted molar refractivity (Wildman–Crippen MR) is 109 cm³/mol. The van der Waals surface area contributed by atoms with Crippen LogP contribution in [-0.4, -0.2) is 14.7 Å². The van der Waals surface area contributed by atoms with E-state index in [1.807, 2.05) is 31.2 Å². The molecule has 0 heterocycles. The maximum Gasteiger partial charge on any atom is 0.175 e. The van der Waals surface area contributed by atoms with E-state index in [1.165, 1.54) is 17.4 Å². The lowest BCUT2D eigenvalue weighted by Gasteiger charge is -2.07. The molecule has 0 bridgehead atoms. The number of hydrogen-bond acceptors (Lipinski definition) is 2. The first-order valence-electron chi connectivity index (χ1n) is 8.47. The minimum Gasteiger partial charge on any atom is -0.224 e. The maximum atomic E-state index is 11.5. The maximum absolute atomic E-state index is 11.5. The molecule has 0 saturated carbocycles. The minimum absolute atomic E-state index is 0.365. The summed E-state index contributed by atoms with van der Waals surface area (Å²) in [6.07, 6.45) is 3.02. The van der Waals surface area contributed by atoms with E-state index in [9.17, 15) is 8.42 Å². The molecule has 0 aliphatic rings. The van der Waals surface area contributed by atoms with Gasteiger partial charge in [0.2, 0.25) is 0 Å². The zero-order chi connectivity index (χ0) is 18.7. The SMILES string of the molecule is Cc1cc(-c2ccc(CCc3ccc(S(C)(=O)=O)cc3)cc2)ccc1Cl. The van der Waals surface area contributed by atoms with E-state index in [0.717, 1.165) is 34.6 Å². The van der Waals surface area contributed by atoms with Crippen LogP contribution < -0.4 is 0 Å². The van der Waals surface area contributed by atoms with Crippen LogP contribution in [-0.2, 0) is 22.7 Å². The Kier molecular flexibility index (Phi) is 5.49. The van der Waals surface area contributed by atoms with Gasteiger partial charge >= 0.3 is 0 Å². The van der Waals surface area contributed by atoms with Gasteiger partial charge < -0.3 is 0 Å². The largest absolute Gasteiger partial charge is 0.224 e. The summed E-state index contributed by atoms with van der Waals surface area (Å²) in [5.74, 6) is 0. The van der Waals surface area contributed by atoms with Crippen LogP contribution in [0.15, 0.2) is 71.6 Å². The molecule has 134 valence electrons. The summed E-state index contributed by atoms with van der Waals surface area (Å²) in [6, 6.07) is 21.7. The molecule has 4 heteroatoms. The molecule has 0 aliphatic carbocycles. The summed E-state index contributed by atoms with van der Waals surface area (Å²) in [7, 11) is -3.13. The topological polar surface area (TPSA) is 34.1 Å². The van der Waals surface area contributed by atoms with Crippen LogP contribution >= 0.6 is 11.6 Å². The highest BCUT2D eigenvalue weighted by Gasteiger charge is 2.06. The van der Waals surface area contributed by atoms with Gasteiger partial charge in [0, 0.05) is 11.3 Å². The van der Waals surface area contributed by atoms with Crippen molar-refractivity contribution in [3.8, 4) is 11.1 Å². The summed E-state index contributed by atoms with van der Waals surface area (Å²) in [4.78, 5) is 0.365. The summed E-state index contributed by atoms with van der Waals surface area (Å²) < 4.78 is 23.0. The third-order valence-corrected chi connectivity index (χ3v) is 6.05. The van der Waals surface area contributed by atoms with Crippen molar-refractivity contribution >= 4 is 21.4 Å². The van der Waals surface area contributed by atoms with Crippen molar-refractivity contribution in [3.63, 3.8) is 0 Å². The van der Waals surface area contributed by atoms with Gasteiger partial charge in [0.25, 0.3) is 0 Å². The fourth-order valence-electron chi connectivity index (χ4n) is 2.88. The number of benzene rings is 3. The van der Waals surface area contributed by atoms with Crippen molar-refractivity contribution in [1.82, 2.24) is 0 Å². The molecule has 0 spiro atoms. The van der Waals surface area contributed by atoms with E-state index in [1.54, 1.807) is 12.1 Å². The van der Waals surface area contributed by atoms with Crippen molar-refractivity contribution in [2.24, 2.45) is 0 Å². The lowest BCUT2D eigenvalue weighted by Crippen LogP contribution is -1.97. The first-order chi connectivity index (χ1) is 12.3. The molecule has 0 aromatic heterocycles. The second-order valence-electron chi connectivity index (χ2n) is 6.58. The third-order valence-electron chi connectivity index (χ3n) is 4.50. The Balaban J connectivity index is 1.67. The molecule has 3 aromatic rings. The second kappa shape index (κ2) is 7.65. The average molecular weight is 385 g/mol. The Labute approximate surface area is 160 Å². The van der Waals surface area contributed by atoms with Crippen molar-refractivity contribution in [1.29, 1.82) is 0 Å². The standard InChI is InChI=1S/C22H21ClO2S/c1-16-15-20(11-14-22(16)23)19-9-5-17(6-10-19)3-4-18-7-12-21(13-8-18)26(2,24)25/h5-15H,3-4H2,1-2H3. The fourth-order valence-corrected chi connectivity index (χ4v) is 3.63. The Morgan fingerprint density at radius 2 is 1.27 bits per heavy atom. The molecule has 0 fully saturated rings. The van der Waals surface area contributed by atoms with Crippen molar-refractivity contribution < 1.29 is 8.42 Å². The molecule has 3 rings (SSSR count).